The first-order chi connectivity index (χ1) is 19.0. The van der Waals surface area contributed by atoms with E-state index in [0.717, 1.165) is 57.1 Å². The van der Waals surface area contributed by atoms with Crippen LogP contribution in [0, 0.1) is 5.41 Å². The lowest BCUT2D eigenvalue weighted by Gasteiger charge is -2.42. The van der Waals surface area contributed by atoms with Gasteiger partial charge < -0.3 is 24.7 Å². The lowest BCUT2D eigenvalue weighted by Crippen LogP contribution is -2.48. The van der Waals surface area contributed by atoms with E-state index in [1.165, 1.54) is 25.7 Å². The van der Waals surface area contributed by atoms with Crippen LogP contribution in [0.1, 0.15) is 76.9 Å². The molecule has 0 aliphatic carbocycles. The van der Waals surface area contributed by atoms with Crippen molar-refractivity contribution in [1.29, 1.82) is 0 Å². The lowest BCUT2D eigenvalue weighted by atomic mass is 9.77. The number of H-pyrrole nitrogens is 2. The highest BCUT2D eigenvalue weighted by Crippen LogP contribution is 2.41. The summed E-state index contributed by atoms with van der Waals surface area (Å²) in [7, 11) is 0. The van der Waals surface area contributed by atoms with Gasteiger partial charge >= 0.3 is 0 Å². The molecule has 3 aliphatic heterocycles. The fourth-order valence-electron chi connectivity index (χ4n) is 7.03. The maximum atomic E-state index is 13.2. The van der Waals surface area contributed by atoms with Crippen LogP contribution in [0.5, 0.6) is 0 Å². The van der Waals surface area contributed by atoms with E-state index in [2.05, 4.69) is 43.6 Å². The number of nitrogens with one attached hydrogen (secondary N) is 2. The molecule has 39 heavy (non-hydrogen) atoms. The van der Waals surface area contributed by atoms with Crippen molar-refractivity contribution in [1.82, 2.24) is 39.5 Å². The molecular formula is C29H46N8O2. The fourth-order valence-corrected chi connectivity index (χ4v) is 7.03. The molecule has 1 spiro atoms. The minimum Gasteiger partial charge on any atom is -0.348 e. The van der Waals surface area contributed by atoms with Crippen molar-refractivity contribution < 1.29 is 9.59 Å². The van der Waals surface area contributed by atoms with Crippen molar-refractivity contribution in [2.24, 2.45) is 5.41 Å². The zero-order valence-corrected chi connectivity index (χ0v) is 23.8. The Labute approximate surface area is 232 Å². The zero-order chi connectivity index (χ0) is 27.2. The van der Waals surface area contributed by atoms with Gasteiger partial charge in [0.2, 0.25) is 11.8 Å². The van der Waals surface area contributed by atoms with Crippen LogP contribution in [0.15, 0.2) is 24.8 Å². The highest BCUT2D eigenvalue weighted by molar-refractivity contribution is 5.97. The quantitative estimate of drug-likeness (QED) is 0.451. The predicted molar refractivity (Wildman–Crippen MR) is 149 cm³/mol. The van der Waals surface area contributed by atoms with Crippen LogP contribution in [-0.2, 0) is 22.7 Å². The third kappa shape index (κ3) is 6.72. The molecule has 5 heterocycles. The second-order valence-corrected chi connectivity index (χ2v) is 11.8. The number of rotatable bonds is 10. The number of hydrogen-bond donors (Lipinski definition) is 2. The van der Waals surface area contributed by atoms with E-state index in [9.17, 15) is 9.59 Å². The molecule has 0 atom stereocenters. The van der Waals surface area contributed by atoms with Crippen LogP contribution >= 0.6 is 0 Å². The molecule has 0 radical (unpaired) electrons. The van der Waals surface area contributed by atoms with Gasteiger partial charge in [0.05, 0.1) is 13.1 Å². The number of piperidine rings is 2. The van der Waals surface area contributed by atoms with Gasteiger partial charge in [-0.2, -0.15) is 0 Å². The monoisotopic (exact) mass is 538 g/mol. The molecule has 3 aliphatic rings. The van der Waals surface area contributed by atoms with Crippen LogP contribution in [0.3, 0.4) is 0 Å². The number of imidazole rings is 2. The van der Waals surface area contributed by atoms with Crippen molar-refractivity contribution in [3.8, 4) is 0 Å². The molecule has 5 rings (SSSR count). The number of amides is 2. The molecule has 2 aromatic rings. The van der Waals surface area contributed by atoms with E-state index in [0.29, 0.717) is 38.3 Å². The van der Waals surface area contributed by atoms with Gasteiger partial charge in [0, 0.05) is 63.1 Å². The van der Waals surface area contributed by atoms with Crippen molar-refractivity contribution in [3.63, 3.8) is 0 Å². The largest absolute Gasteiger partial charge is 0.348 e. The second kappa shape index (κ2) is 12.6. The summed E-state index contributed by atoms with van der Waals surface area (Å²) in [6.45, 7) is 11.2. The Morgan fingerprint density at radius 1 is 0.897 bits per heavy atom. The molecule has 2 amide bonds. The van der Waals surface area contributed by atoms with E-state index in [-0.39, 0.29) is 23.7 Å². The standard InChI is InChI=1S/C29H46N8O2/c1-3-23(4-2)34-16-7-29(8-17-34)9-18-36(22-29)28(39)19-27(38)35-14-5-24(6-15-35)37(20-25-30-10-11-31-25)21-26-32-12-13-33-26/h10-13,23-24H,3-9,14-22H2,1-2H3,(H,30,31)(H,32,33). The molecule has 10 heteroatoms. The minimum absolute atomic E-state index is 0.00310. The molecular weight excluding hydrogens is 492 g/mol. The Bertz CT molecular complexity index is 999. The molecule has 0 aromatic carbocycles. The van der Waals surface area contributed by atoms with Crippen molar-refractivity contribution in [2.75, 3.05) is 39.3 Å². The molecule has 214 valence electrons. The summed E-state index contributed by atoms with van der Waals surface area (Å²) >= 11 is 0. The Balaban J connectivity index is 1.09. The Morgan fingerprint density at radius 2 is 1.46 bits per heavy atom. The van der Waals surface area contributed by atoms with Gasteiger partial charge in [-0.3, -0.25) is 14.5 Å². The topological polar surface area (TPSA) is 104 Å². The van der Waals surface area contributed by atoms with Gasteiger partial charge in [0.15, 0.2) is 0 Å². The maximum Gasteiger partial charge on any atom is 0.232 e. The van der Waals surface area contributed by atoms with Crippen molar-refractivity contribution in [2.45, 2.75) is 90.4 Å². The molecule has 0 saturated carbocycles. The third-order valence-corrected chi connectivity index (χ3v) is 9.56. The summed E-state index contributed by atoms with van der Waals surface area (Å²) in [6, 6.07) is 1.01. The highest BCUT2D eigenvalue weighted by atomic mass is 16.2. The van der Waals surface area contributed by atoms with Crippen molar-refractivity contribution >= 4 is 11.8 Å². The van der Waals surface area contributed by atoms with Gasteiger partial charge in [0.25, 0.3) is 0 Å². The molecule has 0 unspecified atom stereocenters. The summed E-state index contributed by atoms with van der Waals surface area (Å²) in [5.41, 5.74) is 0.255. The van der Waals surface area contributed by atoms with Gasteiger partial charge in [-0.15, -0.1) is 0 Å². The lowest BCUT2D eigenvalue weighted by molar-refractivity contribution is -0.141. The number of carbonyl (C=O) groups is 2. The van der Waals surface area contributed by atoms with E-state index < -0.39 is 0 Å². The number of aromatic amines is 2. The molecule has 0 bridgehead atoms. The van der Waals surface area contributed by atoms with Gasteiger partial charge in [-0.05, 0) is 63.5 Å². The Hall–Kier alpha value is -2.72. The number of aromatic nitrogens is 4. The van der Waals surface area contributed by atoms with Crippen LogP contribution in [0.2, 0.25) is 0 Å². The first kappa shape index (κ1) is 27.8. The number of carbonyl (C=O) groups excluding carboxylic acids is 2. The summed E-state index contributed by atoms with van der Waals surface area (Å²) < 4.78 is 0. The minimum atomic E-state index is -0.0217. The Kier molecular flexibility index (Phi) is 9.02. The predicted octanol–water partition coefficient (Wildman–Crippen LogP) is 3.02. The van der Waals surface area contributed by atoms with Crippen LogP contribution in [-0.4, -0.2) is 103 Å². The first-order valence-corrected chi connectivity index (χ1v) is 15.0. The Morgan fingerprint density at radius 3 is 2.00 bits per heavy atom. The van der Waals surface area contributed by atoms with Crippen LogP contribution < -0.4 is 0 Å². The van der Waals surface area contributed by atoms with Crippen molar-refractivity contribution in [3.05, 3.63) is 36.4 Å². The average Bonchev–Trinajstić information content (AvgIpc) is 3.74. The molecule has 3 fully saturated rings. The van der Waals surface area contributed by atoms with E-state index >= 15 is 0 Å². The highest BCUT2D eigenvalue weighted by Gasteiger charge is 2.43. The summed E-state index contributed by atoms with van der Waals surface area (Å²) in [5.74, 6) is 1.84. The average molecular weight is 539 g/mol. The van der Waals surface area contributed by atoms with E-state index in [1.807, 2.05) is 22.2 Å². The summed E-state index contributed by atoms with van der Waals surface area (Å²) in [6.07, 6.45) is 14.8. The van der Waals surface area contributed by atoms with E-state index in [4.69, 9.17) is 0 Å². The second-order valence-electron chi connectivity index (χ2n) is 11.8. The van der Waals surface area contributed by atoms with Gasteiger partial charge in [0.1, 0.15) is 18.1 Å². The van der Waals surface area contributed by atoms with Gasteiger partial charge in [-0.25, -0.2) is 9.97 Å². The van der Waals surface area contributed by atoms with E-state index in [1.54, 1.807) is 12.4 Å². The summed E-state index contributed by atoms with van der Waals surface area (Å²) in [4.78, 5) is 50.4. The third-order valence-electron chi connectivity index (χ3n) is 9.56. The zero-order valence-electron chi connectivity index (χ0n) is 23.8. The summed E-state index contributed by atoms with van der Waals surface area (Å²) in [5, 5.41) is 0. The molecule has 3 saturated heterocycles. The SMILES string of the molecule is CCC(CC)N1CCC2(CCN(C(=O)CC(=O)N3CCC(N(Cc4ncc[nH]4)Cc4ncc[nH]4)CC3)C2)CC1. The first-order valence-electron chi connectivity index (χ1n) is 15.0. The fraction of sp³-hybridized carbons (Fsp3) is 0.724. The molecule has 10 nitrogen and oxygen atoms in total. The number of hydrogen-bond acceptors (Lipinski definition) is 6. The number of nitrogens with zero attached hydrogens (tertiary/aromatic N) is 6. The van der Waals surface area contributed by atoms with Gasteiger partial charge in [-0.1, -0.05) is 13.8 Å². The van der Waals surface area contributed by atoms with Crippen LogP contribution in [0.4, 0.5) is 0 Å². The molecule has 2 aromatic heterocycles. The number of likely N-dealkylation sites (tertiary alicyclic amines) is 3. The smallest absolute Gasteiger partial charge is 0.232 e. The van der Waals surface area contributed by atoms with Crippen LogP contribution in [0.25, 0.3) is 0 Å². The molecule has 2 N–H and O–H groups in total. The normalized spacial score (nSPS) is 20.5. The maximum absolute atomic E-state index is 13.2.